The number of benzene rings is 2. The van der Waals surface area contributed by atoms with Crippen LogP contribution in [-0.2, 0) is 21.9 Å². The molecule has 2 rings (SSSR count). The molecule has 6 heteroatoms. The minimum absolute atomic E-state index is 0.0713. The summed E-state index contributed by atoms with van der Waals surface area (Å²) in [5.41, 5.74) is 4.47. The molecule has 0 unspecified atom stereocenters. The van der Waals surface area contributed by atoms with Crippen LogP contribution in [0.25, 0.3) is 0 Å². The highest BCUT2D eigenvalue weighted by atomic mass is 35.5. The molecule has 0 aliphatic rings. The number of carbonyl (C=O) groups excluding carboxylic acids is 2. The number of carbonyl (C=O) groups is 2. The van der Waals surface area contributed by atoms with Gasteiger partial charge in [0.15, 0.2) is 0 Å². The number of thioether (sulfide) groups is 1. The van der Waals surface area contributed by atoms with Crippen molar-refractivity contribution in [2.24, 2.45) is 0 Å². The lowest BCUT2D eigenvalue weighted by atomic mass is 10.1. The molecule has 2 aromatic carbocycles. The summed E-state index contributed by atoms with van der Waals surface area (Å²) in [7, 11) is 0. The van der Waals surface area contributed by atoms with Crippen molar-refractivity contribution in [3.05, 3.63) is 69.7 Å². The molecule has 156 valence electrons. The van der Waals surface area contributed by atoms with Gasteiger partial charge in [0, 0.05) is 23.9 Å². The van der Waals surface area contributed by atoms with Crippen LogP contribution in [0.15, 0.2) is 42.5 Å². The van der Waals surface area contributed by atoms with Crippen LogP contribution in [0.3, 0.4) is 0 Å². The Morgan fingerprint density at radius 1 is 1.14 bits per heavy atom. The number of hydrogen-bond acceptors (Lipinski definition) is 3. The zero-order valence-electron chi connectivity index (χ0n) is 17.5. The van der Waals surface area contributed by atoms with E-state index in [4.69, 9.17) is 11.6 Å². The Morgan fingerprint density at radius 2 is 1.79 bits per heavy atom. The van der Waals surface area contributed by atoms with E-state index < -0.39 is 6.04 Å². The largest absolute Gasteiger partial charge is 0.355 e. The molecule has 0 fully saturated rings. The third kappa shape index (κ3) is 7.09. The Hall–Kier alpha value is -1.98. The highest BCUT2D eigenvalue weighted by Gasteiger charge is 2.26. The third-order valence-corrected chi connectivity index (χ3v) is 5.95. The van der Waals surface area contributed by atoms with Crippen LogP contribution in [0.4, 0.5) is 0 Å². The highest BCUT2D eigenvalue weighted by molar-refractivity contribution is 7.99. The van der Waals surface area contributed by atoms with E-state index in [1.165, 1.54) is 16.7 Å². The van der Waals surface area contributed by atoms with Crippen LogP contribution in [0.2, 0.25) is 5.02 Å². The molecule has 0 spiro atoms. The van der Waals surface area contributed by atoms with Gasteiger partial charge in [0.25, 0.3) is 0 Å². The molecule has 29 heavy (non-hydrogen) atoms. The van der Waals surface area contributed by atoms with Gasteiger partial charge >= 0.3 is 0 Å². The van der Waals surface area contributed by atoms with Crippen LogP contribution >= 0.6 is 23.4 Å². The number of hydrogen-bond donors (Lipinski definition) is 1. The molecule has 0 saturated heterocycles. The first-order valence-electron chi connectivity index (χ1n) is 9.77. The molecule has 0 heterocycles. The molecule has 0 aromatic heterocycles. The minimum atomic E-state index is -0.569. The van der Waals surface area contributed by atoms with E-state index in [2.05, 4.69) is 37.4 Å². The normalized spacial score (nSPS) is 11.8. The maximum atomic E-state index is 13.0. The average molecular weight is 433 g/mol. The molecule has 0 radical (unpaired) electrons. The van der Waals surface area contributed by atoms with Crippen molar-refractivity contribution in [1.82, 2.24) is 10.2 Å². The number of nitrogens with one attached hydrogen (secondary N) is 1. The molecule has 2 aromatic rings. The lowest BCUT2D eigenvalue weighted by Gasteiger charge is -2.29. The zero-order valence-corrected chi connectivity index (χ0v) is 19.1. The molecule has 0 saturated carbocycles. The van der Waals surface area contributed by atoms with Crippen molar-refractivity contribution in [1.29, 1.82) is 0 Å². The fourth-order valence-electron chi connectivity index (χ4n) is 3.21. The number of aryl methyl sites for hydroxylation is 2. The Labute approximate surface area is 183 Å². The van der Waals surface area contributed by atoms with Gasteiger partial charge in [-0.2, -0.15) is 0 Å². The number of rotatable bonds is 9. The Bertz CT molecular complexity index is 836. The van der Waals surface area contributed by atoms with Gasteiger partial charge in [-0.3, -0.25) is 9.59 Å². The van der Waals surface area contributed by atoms with Crippen LogP contribution in [0.1, 0.15) is 36.1 Å². The van der Waals surface area contributed by atoms with Crippen LogP contribution < -0.4 is 5.32 Å². The van der Waals surface area contributed by atoms with Crippen molar-refractivity contribution < 1.29 is 9.59 Å². The maximum absolute atomic E-state index is 13.0. The summed E-state index contributed by atoms with van der Waals surface area (Å²) in [5, 5.41) is 3.40. The van der Waals surface area contributed by atoms with Gasteiger partial charge in [-0.1, -0.05) is 59.1 Å². The van der Waals surface area contributed by atoms with Gasteiger partial charge in [-0.15, -0.1) is 11.8 Å². The molecule has 1 atom stereocenters. The zero-order chi connectivity index (χ0) is 21.4. The summed E-state index contributed by atoms with van der Waals surface area (Å²) in [5.74, 6) is 0.829. The lowest BCUT2D eigenvalue weighted by Crippen LogP contribution is -2.48. The molecule has 4 nitrogen and oxygen atoms in total. The fourth-order valence-corrected chi connectivity index (χ4v) is 4.25. The van der Waals surface area contributed by atoms with Crippen molar-refractivity contribution in [3.8, 4) is 0 Å². The van der Waals surface area contributed by atoms with Crippen LogP contribution in [-0.4, -0.2) is 35.1 Å². The van der Waals surface area contributed by atoms with Gasteiger partial charge in [0.1, 0.15) is 6.04 Å². The van der Waals surface area contributed by atoms with Crippen molar-refractivity contribution in [2.45, 2.75) is 46.0 Å². The monoisotopic (exact) mass is 432 g/mol. The second kappa shape index (κ2) is 11.3. The summed E-state index contributed by atoms with van der Waals surface area (Å²) < 4.78 is 0. The molecular weight excluding hydrogens is 404 g/mol. The van der Waals surface area contributed by atoms with Gasteiger partial charge in [-0.25, -0.2) is 0 Å². The van der Waals surface area contributed by atoms with Gasteiger partial charge in [0.05, 0.1) is 5.75 Å². The van der Waals surface area contributed by atoms with Crippen LogP contribution in [0, 0.1) is 13.8 Å². The Balaban J connectivity index is 2.08. The van der Waals surface area contributed by atoms with Crippen molar-refractivity contribution in [2.75, 3.05) is 12.3 Å². The molecule has 0 aliphatic carbocycles. The molecule has 0 bridgehead atoms. The first kappa shape index (κ1) is 23.3. The molecular formula is C23H29ClN2O2S. The average Bonchev–Trinajstić information content (AvgIpc) is 2.66. The summed E-state index contributed by atoms with van der Waals surface area (Å²) in [6.07, 6.45) is 0. The third-order valence-electron chi connectivity index (χ3n) is 4.59. The molecule has 0 aliphatic heterocycles. The second-order valence-corrected chi connectivity index (χ2v) is 8.57. The number of likely N-dealkylation sites (N-methyl/N-ethyl adjacent to an activating group) is 1. The van der Waals surface area contributed by atoms with E-state index in [1.54, 1.807) is 29.7 Å². The lowest BCUT2D eigenvalue weighted by molar-refractivity contribution is -0.138. The number of nitrogens with zero attached hydrogens (tertiary/aromatic N) is 1. The highest BCUT2D eigenvalue weighted by Crippen LogP contribution is 2.21. The van der Waals surface area contributed by atoms with E-state index >= 15 is 0 Å². The van der Waals surface area contributed by atoms with E-state index in [1.807, 2.05) is 25.1 Å². The molecule has 1 N–H and O–H groups in total. The smallest absolute Gasteiger partial charge is 0.242 e. The van der Waals surface area contributed by atoms with Crippen LogP contribution in [0.5, 0.6) is 0 Å². The maximum Gasteiger partial charge on any atom is 0.242 e. The minimum Gasteiger partial charge on any atom is -0.355 e. The fraction of sp³-hybridized carbons (Fsp3) is 0.391. The predicted octanol–water partition coefficient (Wildman–Crippen LogP) is 4.74. The topological polar surface area (TPSA) is 49.4 Å². The standard InChI is InChI=1S/C23H29ClN2O2S/c1-5-25-23(28)18(4)26(13-20-8-6-7-9-21(20)24)22(27)15-29-14-19-11-16(2)10-17(3)12-19/h6-12,18H,5,13-15H2,1-4H3,(H,25,28)/t18-/m1/s1. The number of amides is 2. The number of halogens is 1. The van der Waals surface area contributed by atoms with Gasteiger partial charge < -0.3 is 10.2 Å². The van der Waals surface area contributed by atoms with Crippen molar-refractivity contribution in [3.63, 3.8) is 0 Å². The summed E-state index contributed by atoms with van der Waals surface area (Å²) >= 11 is 7.85. The molecule has 2 amide bonds. The SMILES string of the molecule is CCNC(=O)[C@@H](C)N(Cc1ccccc1Cl)C(=O)CSCc1cc(C)cc(C)c1. The Morgan fingerprint density at radius 3 is 2.41 bits per heavy atom. The van der Waals surface area contributed by atoms with E-state index in [-0.39, 0.29) is 11.8 Å². The summed E-state index contributed by atoms with van der Waals surface area (Å²) in [6, 6.07) is 13.3. The second-order valence-electron chi connectivity index (χ2n) is 7.17. The van der Waals surface area contributed by atoms with E-state index in [0.717, 1.165) is 11.3 Å². The van der Waals surface area contributed by atoms with Crippen molar-refractivity contribution >= 4 is 35.2 Å². The van der Waals surface area contributed by atoms with Gasteiger partial charge in [-0.05, 0) is 44.9 Å². The predicted molar refractivity (Wildman–Crippen MR) is 122 cm³/mol. The first-order valence-corrected chi connectivity index (χ1v) is 11.3. The first-order chi connectivity index (χ1) is 13.8. The summed E-state index contributed by atoms with van der Waals surface area (Å²) in [6.45, 7) is 8.61. The Kier molecular flexibility index (Phi) is 9.05. The summed E-state index contributed by atoms with van der Waals surface area (Å²) in [4.78, 5) is 27.0. The van der Waals surface area contributed by atoms with E-state index in [9.17, 15) is 9.59 Å². The van der Waals surface area contributed by atoms with E-state index in [0.29, 0.717) is 23.9 Å². The van der Waals surface area contributed by atoms with Gasteiger partial charge in [0.2, 0.25) is 11.8 Å². The quantitative estimate of drug-likeness (QED) is 0.622.